The number of oxazole rings is 2. The lowest BCUT2D eigenvalue weighted by Crippen LogP contribution is -2.33. The monoisotopic (exact) mass is 904 g/mol. The third-order valence-corrected chi connectivity index (χ3v) is 9.59. The van der Waals surface area contributed by atoms with Crippen molar-refractivity contribution in [2.75, 3.05) is 13.1 Å². The highest BCUT2D eigenvalue weighted by molar-refractivity contribution is 6.43. The summed E-state index contributed by atoms with van der Waals surface area (Å²) in [6.07, 6.45) is 4.49. The summed E-state index contributed by atoms with van der Waals surface area (Å²) in [5.41, 5.74) is 4.70. The third-order valence-electron chi connectivity index (χ3n) is 9.59. The van der Waals surface area contributed by atoms with Crippen LogP contribution in [0.5, 0.6) is 0 Å². The molecule has 0 saturated heterocycles. The second kappa shape index (κ2) is 22.4. The van der Waals surface area contributed by atoms with Gasteiger partial charge in [-0.1, -0.05) is 52.0 Å². The zero-order chi connectivity index (χ0) is 48.1. The molecule has 0 fully saturated rings. The normalized spacial score (nSPS) is 13.4. The molecule has 2 amide bonds. The SMILES string of the molecule is CCC(CC)NC(=O)c1cnc(-c2cccc(C3=CC(C(=O)O)=NC3)c2)o1.CCC(CC)NC(=O)c1cnc(-c2cccc(C3=CC(C(=O)OC(C)(C)C)=NC3)c2)o1.O=C(O)C(F)(F)F. The number of carboxylic acids is 2. The molecule has 16 nitrogen and oxygen atoms in total. The van der Waals surface area contributed by atoms with Crippen LogP contribution < -0.4 is 10.6 Å². The number of hydrogen-bond acceptors (Lipinski definition) is 12. The Morgan fingerprint density at radius 2 is 1.06 bits per heavy atom. The number of esters is 1. The summed E-state index contributed by atoms with van der Waals surface area (Å²) in [5.74, 6) is -3.72. The van der Waals surface area contributed by atoms with Crippen LogP contribution in [0.2, 0.25) is 0 Å². The Morgan fingerprint density at radius 3 is 1.42 bits per heavy atom. The van der Waals surface area contributed by atoms with Gasteiger partial charge in [-0.25, -0.2) is 24.4 Å². The van der Waals surface area contributed by atoms with Crippen molar-refractivity contribution >= 4 is 52.3 Å². The van der Waals surface area contributed by atoms with Crippen molar-refractivity contribution in [2.45, 2.75) is 98.0 Å². The van der Waals surface area contributed by atoms with Crippen molar-refractivity contribution in [3.63, 3.8) is 0 Å². The minimum atomic E-state index is -5.08. The molecular formula is C46H51F3N6O10. The fourth-order valence-electron chi connectivity index (χ4n) is 6.01. The first-order chi connectivity index (χ1) is 30.7. The molecule has 0 saturated carbocycles. The number of aliphatic imine (C=N–C) groups is 2. The Labute approximate surface area is 372 Å². The van der Waals surface area contributed by atoms with Gasteiger partial charge in [-0.15, -0.1) is 0 Å². The van der Waals surface area contributed by atoms with Gasteiger partial charge < -0.3 is 34.4 Å². The fraction of sp³-hybridized carbons (Fsp3) is 0.370. The van der Waals surface area contributed by atoms with Crippen molar-refractivity contribution in [1.29, 1.82) is 0 Å². The van der Waals surface area contributed by atoms with Crippen molar-refractivity contribution < 1.29 is 60.9 Å². The number of ether oxygens (including phenoxy) is 1. The van der Waals surface area contributed by atoms with E-state index in [1.165, 1.54) is 12.4 Å². The highest BCUT2D eigenvalue weighted by Crippen LogP contribution is 2.28. The number of rotatable bonds is 14. The van der Waals surface area contributed by atoms with Crippen molar-refractivity contribution in [3.05, 3.63) is 95.7 Å². The number of aliphatic carboxylic acids is 2. The number of amides is 2. The summed E-state index contributed by atoms with van der Waals surface area (Å²) >= 11 is 0. The maximum atomic E-state index is 12.4. The predicted octanol–water partition coefficient (Wildman–Crippen LogP) is 8.26. The highest BCUT2D eigenvalue weighted by Gasteiger charge is 2.38. The summed E-state index contributed by atoms with van der Waals surface area (Å²) in [5, 5.41) is 22.0. The quantitative estimate of drug-likeness (QED) is 0.0876. The molecule has 0 unspecified atom stereocenters. The zero-order valence-corrected chi connectivity index (χ0v) is 36.9. The van der Waals surface area contributed by atoms with Crippen molar-refractivity contribution in [3.8, 4) is 22.9 Å². The summed E-state index contributed by atoms with van der Waals surface area (Å²) in [7, 11) is 0. The zero-order valence-electron chi connectivity index (χ0n) is 36.9. The van der Waals surface area contributed by atoms with Crippen LogP contribution >= 0.6 is 0 Å². The second-order valence-electron chi connectivity index (χ2n) is 15.5. The molecule has 2 aromatic heterocycles. The van der Waals surface area contributed by atoms with Crippen LogP contribution in [-0.4, -0.2) is 98.3 Å². The molecule has 0 radical (unpaired) electrons. The van der Waals surface area contributed by atoms with Gasteiger partial charge in [0, 0.05) is 23.2 Å². The topological polar surface area (TPSA) is 236 Å². The number of alkyl halides is 3. The first kappa shape index (κ1) is 50.5. The van der Waals surface area contributed by atoms with E-state index in [2.05, 4.69) is 30.6 Å². The number of aromatic nitrogens is 2. The molecular weight excluding hydrogens is 854 g/mol. The van der Waals surface area contributed by atoms with Gasteiger partial charge in [-0.05, 0) is 105 Å². The van der Waals surface area contributed by atoms with E-state index in [1.807, 2.05) is 97.0 Å². The van der Waals surface area contributed by atoms with E-state index in [0.29, 0.717) is 36.1 Å². The van der Waals surface area contributed by atoms with Crippen LogP contribution in [0.4, 0.5) is 13.2 Å². The molecule has 4 heterocycles. The molecule has 6 rings (SSSR count). The van der Waals surface area contributed by atoms with E-state index < -0.39 is 29.7 Å². The predicted molar refractivity (Wildman–Crippen MR) is 235 cm³/mol. The maximum Gasteiger partial charge on any atom is 0.490 e. The van der Waals surface area contributed by atoms with Gasteiger partial charge in [-0.3, -0.25) is 19.6 Å². The highest BCUT2D eigenvalue weighted by atomic mass is 19.4. The van der Waals surface area contributed by atoms with Crippen molar-refractivity contribution in [2.24, 2.45) is 9.98 Å². The Bertz CT molecular complexity index is 2490. The van der Waals surface area contributed by atoms with E-state index >= 15 is 0 Å². The lowest BCUT2D eigenvalue weighted by molar-refractivity contribution is -0.192. The molecule has 0 atom stereocenters. The van der Waals surface area contributed by atoms with E-state index in [-0.39, 0.29) is 41.1 Å². The fourth-order valence-corrected chi connectivity index (χ4v) is 6.01. The number of hydrogen-bond donors (Lipinski definition) is 4. The van der Waals surface area contributed by atoms with E-state index in [9.17, 15) is 32.3 Å². The van der Waals surface area contributed by atoms with E-state index in [4.69, 9.17) is 28.6 Å². The number of nitrogens with one attached hydrogen (secondary N) is 2. The molecule has 4 N–H and O–H groups in total. The molecule has 2 aliphatic heterocycles. The summed E-state index contributed by atoms with van der Waals surface area (Å²) < 4.78 is 48.5. The number of carbonyl (C=O) groups is 5. The van der Waals surface area contributed by atoms with Gasteiger partial charge >= 0.3 is 24.1 Å². The summed E-state index contributed by atoms with van der Waals surface area (Å²) in [6.45, 7) is 14.3. The number of nitrogens with zero attached hydrogens (tertiary/aromatic N) is 4. The van der Waals surface area contributed by atoms with Gasteiger partial charge in [0.1, 0.15) is 17.0 Å². The maximum absolute atomic E-state index is 12.4. The molecule has 65 heavy (non-hydrogen) atoms. The van der Waals surface area contributed by atoms with Gasteiger partial charge in [0.25, 0.3) is 11.8 Å². The van der Waals surface area contributed by atoms with Crippen molar-refractivity contribution in [1.82, 2.24) is 20.6 Å². The standard InChI is InChI=1S/C24H29N3O4.C20H21N3O4.C2HF3O2/c1-6-18(7-2)27-21(28)20-14-26-22(30-20)16-10-8-9-15(11-16)17-12-19(25-13-17)23(29)31-24(3,4)5;1-3-15(4-2)23-18(24)17-11-22-19(27-17)13-7-5-6-12(8-13)14-9-16(20(25)26)21-10-14;3-2(4,5)1(6)7/h8-12,14,18H,6-7,13H2,1-5H3,(H,27,28);5-9,11,15H,3-4,10H2,1-2H3,(H,23,24)(H,25,26);(H,6,7). The minimum absolute atomic E-state index is 0.0480. The molecule has 0 aliphatic carbocycles. The van der Waals surface area contributed by atoms with Gasteiger partial charge in [0.15, 0.2) is 0 Å². The largest absolute Gasteiger partial charge is 0.490 e. The smallest absolute Gasteiger partial charge is 0.477 e. The number of benzene rings is 2. The number of halogens is 3. The third kappa shape index (κ3) is 14.7. The Morgan fingerprint density at radius 1 is 0.677 bits per heavy atom. The van der Waals surface area contributed by atoms with Crippen LogP contribution in [0.25, 0.3) is 34.1 Å². The lowest BCUT2D eigenvalue weighted by atomic mass is 10.0. The summed E-state index contributed by atoms with van der Waals surface area (Å²) in [4.78, 5) is 73.6. The average Bonchev–Trinajstić information content (AvgIpc) is 4.12. The first-order valence-corrected chi connectivity index (χ1v) is 20.7. The van der Waals surface area contributed by atoms with Crippen LogP contribution in [0, 0.1) is 0 Å². The van der Waals surface area contributed by atoms with Gasteiger partial charge in [-0.2, -0.15) is 13.2 Å². The van der Waals surface area contributed by atoms with Gasteiger partial charge in [0.05, 0.1) is 25.5 Å². The van der Waals surface area contributed by atoms with Gasteiger partial charge in [0.2, 0.25) is 23.3 Å². The minimum Gasteiger partial charge on any atom is -0.477 e. The molecule has 4 aromatic rings. The molecule has 2 aliphatic rings. The summed E-state index contributed by atoms with van der Waals surface area (Å²) in [6, 6.07) is 15.2. The first-order valence-electron chi connectivity index (χ1n) is 20.7. The molecule has 0 spiro atoms. The van der Waals surface area contributed by atoms with E-state index in [1.54, 1.807) is 12.2 Å². The number of carbonyl (C=O) groups excluding carboxylic acids is 3. The lowest BCUT2D eigenvalue weighted by Gasteiger charge is -2.18. The molecule has 0 bridgehead atoms. The van der Waals surface area contributed by atoms with Crippen LogP contribution in [-0.2, 0) is 19.1 Å². The van der Waals surface area contributed by atoms with Crippen LogP contribution in [0.15, 0.2) is 91.9 Å². The van der Waals surface area contributed by atoms with E-state index in [0.717, 1.165) is 53.5 Å². The molecule has 2 aromatic carbocycles. The van der Waals surface area contributed by atoms with Crippen LogP contribution in [0.1, 0.15) is 106 Å². The molecule has 19 heteroatoms. The van der Waals surface area contributed by atoms with Crippen LogP contribution in [0.3, 0.4) is 0 Å². The molecule has 346 valence electrons. The Kier molecular flexibility index (Phi) is 17.4. The number of carboxylic acid groups (broad SMARTS) is 2. The second-order valence-corrected chi connectivity index (χ2v) is 15.5. The average molecular weight is 905 g/mol. The Balaban J connectivity index is 0.000000250. The Hall–Kier alpha value is -7.18.